The van der Waals surface area contributed by atoms with Crippen molar-refractivity contribution in [3.05, 3.63) is 12.2 Å². The first-order valence-electron chi connectivity index (χ1n) is 11.5. The van der Waals surface area contributed by atoms with Gasteiger partial charge in [-0.1, -0.05) is 64.0 Å². The Hall–Kier alpha value is -0.950. The van der Waals surface area contributed by atoms with E-state index < -0.39 is 24.4 Å². The minimum absolute atomic E-state index is 0.0221. The first-order chi connectivity index (χ1) is 14.1. The van der Waals surface area contributed by atoms with Crippen molar-refractivity contribution in [2.75, 3.05) is 13.2 Å². The van der Waals surface area contributed by atoms with E-state index in [9.17, 15) is 20.1 Å². The van der Waals surface area contributed by atoms with E-state index in [0.717, 1.165) is 25.7 Å². The number of ether oxygens (including phenoxy) is 2. The molecule has 0 radical (unpaired) electrons. The maximum absolute atomic E-state index is 11.7. The number of aliphatic hydroxyl groups is 3. The Balaban J connectivity index is 1.89. The normalized spacial score (nSPS) is 23.0. The summed E-state index contributed by atoms with van der Waals surface area (Å²) < 4.78 is 10.2. The number of hydrogen-bond acceptors (Lipinski definition) is 6. The number of esters is 1. The molecule has 29 heavy (non-hydrogen) atoms. The van der Waals surface area contributed by atoms with Crippen molar-refractivity contribution in [2.45, 2.75) is 115 Å². The fourth-order valence-corrected chi connectivity index (χ4v) is 3.47. The van der Waals surface area contributed by atoms with Gasteiger partial charge in [0.15, 0.2) is 0 Å². The summed E-state index contributed by atoms with van der Waals surface area (Å²) in [7, 11) is 0. The number of carbonyl (C=O) groups excluding carboxylic acids is 1. The molecule has 170 valence electrons. The molecule has 1 heterocycles. The van der Waals surface area contributed by atoms with Crippen LogP contribution in [0.3, 0.4) is 0 Å². The van der Waals surface area contributed by atoms with E-state index in [1.165, 1.54) is 51.4 Å². The summed E-state index contributed by atoms with van der Waals surface area (Å²) in [5.74, 6) is -0.348. The van der Waals surface area contributed by atoms with Gasteiger partial charge in [-0.05, 0) is 32.1 Å². The number of rotatable bonds is 17. The third-order valence-corrected chi connectivity index (χ3v) is 5.38. The van der Waals surface area contributed by atoms with Crippen LogP contribution in [0.4, 0.5) is 0 Å². The second kappa shape index (κ2) is 16.8. The smallest absolute Gasteiger partial charge is 0.305 e. The number of unbranched alkanes of at least 4 members (excludes halogenated alkanes) is 10. The van der Waals surface area contributed by atoms with Crippen LogP contribution >= 0.6 is 0 Å². The van der Waals surface area contributed by atoms with Crippen LogP contribution in [-0.4, -0.2) is 58.9 Å². The summed E-state index contributed by atoms with van der Waals surface area (Å²) >= 11 is 0. The van der Waals surface area contributed by atoms with Crippen molar-refractivity contribution in [1.29, 1.82) is 0 Å². The summed E-state index contributed by atoms with van der Waals surface area (Å²) in [6, 6.07) is 0. The Kier molecular flexibility index (Phi) is 15.1. The summed E-state index contributed by atoms with van der Waals surface area (Å²) in [6.45, 7) is 1.99. The molecule has 1 rings (SSSR count). The number of carbonyl (C=O) groups is 1. The summed E-state index contributed by atoms with van der Waals surface area (Å²) in [5.41, 5.74) is 0. The Bertz CT molecular complexity index is 439. The van der Waals surface area contributed by atoms with Crippen LogP contribution in [0, 0.1) is 0 Å². The van der Waals surface area contributed by atoms with Crippen LogP contribution in [-0.2, 0) is 14.3 Å². The van der Waals surface area contributed by atoms with E-state index in [0.29, 0.717) is 6.42 Å². The molecule has 3 N–H and O–H groups in total. The molecule has 4 atom stereocenters. The average molecular weight is 415 g/mol. The zero-order valence-electron chi connectivity index (χ0n) is 18.1. The second-order valence-corrected chi connectivity index (χ2v) is 8.09. The van der Waals surface area contributed by atoms with Gasteiger partial charge in [-0.15, -0.1) is 0 Å². The van der Waals surface area contributed by atoms with E-state index in [2.05, 4.69) is 19.1 Å². The molecule has 0 bridgehead atoms. The molecule has 0 amide bonds. The summed E-state index contributed by atoms with van der Waals surface area (Å²) in [6.07, 6.45) is 15.0. The maximum Gasteiger partial charge on any atom is 0.305 e. The van der Waals surface area contributed by atoms with Gasteiger partial charge in [0.25, 0.3) is 0 Å². The molecular formula is C23H42O6. The fourth-order valence-electron chi connectivity index (χ4n) is 3.47. The molecule has 0 aromatic heterocycles. The highest BCUT2D eigenvalue weighted by molar-refractivity contribution is 5.69. The van der Waals surface area contributed by atoms with Gasteiger partial charge in [0.05, 0.1) is 6.61 Å². The zero-order valence-corrected chi connectivity index (χ0v) is 18.1. The molecule has 0 aromatic rings. The van der Waals surface area contributed by atoms with Crippen LogP contribution in [0.15, 0.2) is 12.2 Å². The molecule has 1 saturated heterocycles. The van der Waals surface area contributed by atoms with Crippen molar-refractivity contribution in [3.63, 3.8) is 0 Å². The summed E-state index contributed by atoms with van der Waals surface area (Å²) in [4.78, 5) is 11.7. The van der Waals surface area contributed by atoms with Crippen LogP contribution in [0.1, 0.15) is 90.4 Å². The van der Waals surface area contributed by atoms with Crippen molar-refractivity contribution in [1.82, 2.24) is 0 Å². The Labute approximate surface area is 176 Å². The van der Waals surface area contributed by atoms with Crippen LogP contribution in [0.25, 0.3) is 0 Å². The van der Waals surface area contributed by atoms with Crippen LogP contribution < -0.4 is 0 Å². The molecule has 0 aromatic carbocycles. The van der Waals surface area contributed by atoms with Gasteiger partial charge in [-0.2, -0.15) is 0 Å². The minimum atomic E-state index is -1.15. The monoisotopic (exact) mass is 414 g/mol. The Morgan fingerprint density at radius 1 is 1.00 bits per heavy atom. The second-order valence-electron chi connectivity index (χ2n) is 8.09. The molecule has 1 fully saturated rings. The third-order valence-electron chi connectivity index (χ3n) is 5.38. The van der Waals surface area contributed by atoms with Gasteiger partial charge < -0.3 is 24.8 Å². The van der Waals surface area contributed by atoms with E-state index in [4.69, 9.17) is 9.47 Å². The lowest BCUT2D eigenvalue weighted by Crippen LogP contribution is -2.41. The lowest BCUT2D eigenvalue weighted by atomic mass is 10.1. The molecule has 0 saturated carbocycles. The van der Waals surface area contributed by atoms with E-state index in [1.807, 2.05) is 0 Å². The molecule has 1 aliphatic heterocycles. The van der Waals surface area contributed by atoms with Crippen molar-refractivity contribution < 1.29 is 29.6 Å². The standard InChI is InChI=1S/C23H42O6/c1-2-3-4-5-6-7-8-9-10-11-12-13-14-15-16-21(26)28-18-20(25)23-22(27)19(24)17-29-23/h8-9,19-20,22-25,27H,2-7,10-18H2,1H3/t19-,20+,22+,23+/m0/s1. The molecule has 6 heteroatoms. The minimum Gasteiger partial charge on any atom is -0.463 e. The Morgan fingerprint density at radius 3 is 2.17 bits per heavy atom. The quantitative estimate of drug-likeness (QED) is 0.191. The zero-order chi connectivity index (χ0) is 21.3. The van der Waals surface area contributed by atoms with Crippen molar-refractivity contribution in [2.24, 2.45) is 0 Å². The highest BCUT2D eigenvalue weighted by Gasteiger charge is 2.39. The first-order valence-corrected chi connectivity index (χ1v) is 11.5. The number of hydrogen-bond donors (Lipinski definition) is 3. The average Bonchev–Trinajstić information content (AvgIpc) is 3.05. The molecule has 0 aliphatic carbocycles. The SMILES string of the molecule is CCCCCCCC=CCCCCCCCC(=O)OC[C@@H](O)[C@H]1OC[C@H](O)[C@H]1O. The van der Waals surface area contributed by atoms with Gasteiger partial charge in [0, 0.05) is 6.42 Å². The predicted octanol–water partition coefficient (Wildman–Crippen LogP) is 3.66. The maximum atomic E-state index is 11.7. The predicted molar refractivity (Wildman–Crippen MR) is 114 cm³/mol. The van der Waals surface area contributed by atoms with Gasteiger partial charge in [0.1, 0.15) is 31.0 Å². The molecule has 0 unspecified atom stereocenters. The molecule has 1 aliphatic rings. The van der Waals surface area contributed by atoms with Crippen LogP contribution in [0.2, 0.25) is 0 Å². The largest absolute Gasteiger partial charge is 0.463 e. The van der Waals surface area contributed by atoms with Crippen molar-refractivity contribution >= 4 is 5.97 Å². The third kappa shape index (κ3) is 12.4. The van der Waals surface area contributed by atoms with Gasteiger partial charge in [-0.3, -0.25) is 4.79 Å². The number of aliphatic hydroxyl groups excluding tert-OH is 3. The highest BCUT2D eigenvalue weighted by atomic mass is 16.6. The first kappa shape index (κ1) is 26.1. The lowest BCUT2D eigenvalue weighted by molar-refractivity contribution is -0.151. The van der Waals surface area contributed by atoms with Crippen LogP contribution in [0.5, 0.6) is 0 Å². The van der Waals surface area contributed by atoms with Crippen molar-refractivity contribution in [3.8, 4) is 0 Å². The molecule has 0 spiro atoms. The molecular weight excluding hydrogens is 372 g/mol. The van der Waals surface area contributed by atoms with Gasteiger partial charge in [0.2, 0.25) is 0 Å². The lowest BCUT2D eigenvalue weighted by Gasteiger charge is -2.20. The van der Waals surface area contributed by atoms with E-state index in [1.54, 1.807) is 0 Å². The highest BCUT2D eigenvalue weighted by Crippen LogP contribution is 2.18. The fraction of sp³-hybridized carbons (Fsp3) is 0.870. The van der Waals surface area contributed by atoms with E-state index in [-0.39, 0.29) is 19.2 Å². The van der Waals surface area contributed by atoms with E-state index >= 15 is 0 Å². The molecule has 6 nitrogen and oxygen atoms in total. The summed E-state index contributed by atoms with van der Waals surface area (Å²) in [5, 5.41) is 29.0. The number of allylic oxidation sites excluding steroid dienone is 2. The van der Waals surface area contributed by atoms with Gasteiger partial charge in [-0.25, -0.2) is 0 Å². The Morgan fingerprint density at radius 2 is 1.59 bits per heavy atom. The van der Waals surface area contributed by atoms with Gasteiger partial charge >= 0.3 is 5.97 Å². The topological polar surface area (TPSA) is 96.2 Å².